The number of benzene rings is 2. The Kier molecular flexibility index (Phi) is 4.42. The van der Waals surface area contributed by atoms with Crippen LogP contribution in [0.3, 0.4) is 0 Å². The van der Waals surface area contributed by atoms with Crippen molar-refractivity contribution in [1.29, 1.82) is 0 Å². The van der Waals surface area contributed by atoms with Crippen molar-refractivity contribution < 1.29 is 18.9 Å². The number of hydrogen-bond donors (Lipinski definition) is 1. The monoisotopic (exact) mass is 354 g/mol. The van der Waals surface area contributed by atoms with Crippen LogP contribution < -0.4 is 14.7 Å². The molecule has 2 heterocycles. The van der Waals surface area contributed by atoms with Gasteiger partial charge in [-0.1, -0.05) is 18.2 Å². The van der Waals surface area contributed by atoms with Crippen molar-refractivity contribution in [3.63, 3.8) is 0 Å². The van der Waals surface area contributed by atoms with Crippen molar-refractivity contribution in [2.24, 2.45) is 0 Å². The van der Waals surface area contributed by atoms with E-state index in [9.17, 15) is 14.0 Å². The van der Waals surface area contributed by atoms with E-state index in [1.807, 2.05) is 18.2 Å². The van der Waals surface area contributed by atoms with E-state index in [1.165, 1.54) is 17.0 Å². The summed E-state index contributed by atoms with van der Waals surface area (Å²) in [5, 5.41) is 0. The van der Waals surface area contributed by atoms with Crippen molar-refractivity contribution in [2.45, 2.75) is 12.5 Å². The largest absolute Gasteiger partial charge is 0.360 e. The molecule has 134 valence electrons. The fourth-order valence-electron chi connectivity index (χ4n) is 3.85. The van der Waals surface area contributed by atoms with Gasteiger partial charge in [0.2, 0.25) is 5.91 Å². The first-order valence-electron chi connectivity index (χ1n) is 8.90. The molecule has 0 bridgehead atoms. The Hall–Kier alpha value is -2.73. The minimum atomic E-state index is -0.307. The number of nitrogens with one attached hydrogen (secondary N) is 1. The normalized spacial score (nSPS) is 21.5. The molecule has 0 saturated carbocycles. The molecule has 26 heavy (non-hydrogen) atoms. The molecule has 0 spiro atoms. The molecule has 2 aromatic carbocycles. The van der Waals surface area contributed by atoms with Gasteiger partial charge in [0.1, 0.15) is 5.82 Å². The predicted octanol–water partition coefficient (Wildman–Crippen LogP) is 0.863. The third kappa shape index (κ3) is 3.08. The summed E-state index contributed by atoms with van der Waals surface area (Å²) in [5.41, 5.74) is 1.64. The fourth-order valence-corrected chi connectivity index (χ4v) is 3.85. The van der Waals surface area contributed by atoms with Crippen LogP contribution in [0.1, 0.15) is 6.42 Å². The highest BCUT2D eigenvalue weighted by molar-refractivity contribution is 6.21. The Balaban J connectivity index is 1.42. The van der Waals surface area contributed by atoms with E-state index in [2.05, 4.69) is 4.90 Å². The minimum absolute atomic E-state index is 0.105. The fraction of sp³-hybridized carbons (Fsp3) is 0.300. The number of carbonyl (C=O) groups is 2. The molecule has 0 aromatic heterocycles. The highest BCUT2D eigenvalue weighted by Crippen LogP contribution is 2.22. The summed E-state index contributed by atoms with van der Waals surface area (Å²) in [5.74, 6) is -0.472. The quantitative estimate of drug-likeness (QED) is 0.832. The summed E-state index contributed by atoms with van der Waals surface area (Å²) >= 11 is 0. The van der Waals surface area contributed by atoms with Gasteiger partial charge in [-0.05, 0) is 36.4 Å². The molecular weight excluding hydrogens is 333 g/mol. The average molecular weight is 354 g/mol. The molecule has 1 unspecified atom stereocenters. The molecule has 1 N–H and O–H groups in total. The second-order valence-electron chi connectivity index (χ2n) is 6.78. The van der Waals surface area contributed by atoms with Gasteiger partial charge in [-0.15, -0.1) is 0 Å². The Morgan fingerprint density at radius 3 is 2.19 bits per heavy atom. The van der Waals surface area contributed by atoms with E-state index in [0.717, 1.165) is 36.8 Å². The van der Waals surface area contributed by atoms with E-state index < -0.39 is 0 Å². The van der Waals surface area contributed by atoms with E-state index in [4.69, 9.17) is 0 Å². The lowest BCUT2D eigenvalue weighted by molar-refractivity contribution is -0.915. The lowest BCUT2D eigenvalue weighted by Gasteiger charge is -2.35. The Labute approximate surface area is 151 Å². The zero-order chi connectivity index (χ0) is 18.1. The molecule has 1 atom stereocenters. The number of imide groups is 1. The van der Waals surface area contributed by atoms with Gasteiger partial charge < -0.3 is 9.80 Å². The van der Waals surface area contributed by atoms with E-state index >= 15 is 0 Å². The van der Waals surface area contributed by atoms with Gasteiger partial charge in [0.25, 0.3) is 5.91 Å². The number of amides is 2. The molecule has 6 heteroatoms. The zero-order valence-corrected chi connectivity index (χ0v) is 14.4. The number of rotatable bonds is 3. The number of quaternary nitrogens is 1. The van der Waals surface area contributed by atoms with Crippen LogP contribution in [-0.4, -0.2) is 44.0 Å². The summed E-state index contributed by atoms with van der Waals surface area (Å²) in [6, 6.07) is 15.3. The number of hydrogen-bond acceptors (Lipinski definition) is 3. The second-order valence-corrected chi connectivity index (χ2v) is 6.78. The number of carbonyl (C=O) groups excluding carboxylic acids is 2. The third-order valence-corrected chi connectivity index (χ3v) is 5.25. The Morgan fingerprint density at radius 1 is 0.885 bits per heavy atom. The van der Waals surface area contributed by atoms with Crippen molar-refractivity contribution in [1.82, 2.24) is 0 Å². The summed E-state index contributed by atoms with van der Waals surface area (Å²) in [6.07, 6.45) is 0.264. The SMILES string of the molecule is O=C1CC([NH+]2CCN(c3ccc(F)cc3)CC2)C(=O)N1c1ccccc1. The van der Waals surface area contributed by atoms with Gasteiger partial charge in [0, 0.05) is 5.69 Å². The first kappa shape index (κ1) is 16.7. The topological polar surface area (TPSA) is 45.1 Å². The Morgan fingerprint density at radius 2 is 1.54 bits per heavy atom. The van der Waals surface area contributed by atoms with E-state index in [1.54, 1.807) is 24.3 Å². The highest BCUT2D eigenvalue weighted by Gasteiger charge is 2.46. The number of anilines is 2. The molecule has 2 aliphatic heterocycles. The lowest BCUT2D eigenvalue weighted by Crippen LogP contribution is -3.19. The molecule has 5 nitrogen and oxygen atoms in total. The van der Waals surface area contributed by atoms with E-state index in [0.29, 0.717) is 5.69 Å². The smallest absolute Gasteiger partial charge is 0.292 e. The van der Waals surface area contributed by atoms with Crippen LogP contribution in [-0.2, 0) is 9.59 Å². The molecular formula is C20H21FN3O2+. The first-order valence-corrected chi connectivity index (χ1v) is 8.90. The summed E-state index contributed by atoms with van der Waals surface area (Å²) in [4.78, 5) is 29.9. The maximum Gasteiger partial charge on any atom is 0.292 e. The molecule has 2 aliphatic rings. The maximum absolute atomic E-state index is 13.1. The highest BCUT2D eigenvalue weighted by atomic mass is 19.1. The Bertz CT molecular complexity index is 802. The van der Waals surface area contributed by atoms with Gasteiger partial charge in [-0.25, -0.2) is 9.29 Å². The maximum atomic E-state index is 13.1. The van der Waals surface area contributed by atoms with Gasteiger partial charge in [-0.3, -0.25) is 9.59 Å². The average Bonchev–Trinajstić information content (AvgIpc) is 2.97. The first-order chi connectivity index (χ1) is 12.6. The van der Waals surface area contributed by atoms with Crippen LogP contribution in [0.15, 0.2) is 54.6 Å². The van der Waals surface area contributed by atoms with Crippen LogP contribution in [0.5, 0.6) is 0 Å². The van der Waals surface area contributed by atoms with Gasteiger partial charge in [0.15, 0.2) is 6.04 Å². The summed E-state index contributed by atoms with van der Waals surface area (Å²) < 4.78 is 13.1. The summed E-state index contributed by atoms with van der Waals surface area (Å²) in [7, 11) is 0. The van der Waals surface area contributed by atoms with Crippen molar-refractivity contribution in [2.75, 3.05) is 36.0 Å². The molecule has 4 rings (SSSR count). The number of para-hydroxylation sites is 1. The minimum Gasteiger partial charge on any atom is -0.360 e. The lowest BCUT2D eigenvalue weighted by atomic mass is 10.1. The third-order valence-electron chi connectivity index (χ3n) is 5.25. The van der Waals surface area contributed by atoms with Crippen LogP contribution in [0, 0.1) is 5.82 Å². The van der Waals surface area contributed by atoms with Crippen LogP contribution >= 0.6 is 0 Å². The second kappa shape index (κ2) is 6.88. The molecule has 2 saturated heterocycles. The predicted molar refractivity (Wildman–Crippen MR) is 96.6 cm³/mol. The van der Waals surface area contributed by atoms with Crippen LogP contribution in [0.25, 0.3) is 0 Å². The van der Waals surface area contributed by atoms with Crippen molar-refractivity contribution in [3.8, 4) is 0 Å². The zero-order valence-electron chi connectivity index (χ0n) is 14.4. The molecule has 2 aromatic rings. The van der Waals surface area contributed by atoms with Crippen LogP contribution in [0.4, 0.5) is 15.8 Å². The standard InChI is InChI=1S/C20H20FN3O2/c21-15-6-8-16(9-7-15)22-10-12-23(13-11-22)18-14-19(25)24(20(18)26)17-4-2-1-3-5-17/h1-9,18H,10-14H2/p+1. The number of piperazine rings is 1. The van der Waals surface area contributed by atoms with Gasteiger partial charge in [-0.2, -0.15) is 0 Å². The van der Waals surface area contributed by atoms with Crippen molar-refractivity contribution >= 4 is 23.2 Å². The van der Waals surface area contributed by atoms with Gasteiger partial charge >= 0.3 is 0 Å². The molecule has 0 aliphatic carbocycles. The van der Waals surface area contributed by atoms with Gasteiger partial charge in [0.05, 0.1) is 38.3 Å². The summed E-state index contributed by atoms with van der Waals surface area (Å²) in [6.45, 7) is 3.13. The number of halogens is 1. The van der Waals surface area contributed by atoms with Crippen LogP contribution in [0.2, 0.25) is 0 Å². The molecule has 0 radical (unpaired) electrons. The van der Waals surface area contributed by atoms with E-state index in [-0.39, 0.29) is 30.1 Å². The number of nitrogens with zero attached hydrogens (tertiary/aromatic N) is 2. The molecule has 2 fully saturated rings. The molecule has 2 amide bonds. The van der Waals surface area contributed by atoms with Crippen molar-refractivity contribution in [3.05, 3.63) is 60.4 Å².